The Balaban J connectivity index is 1.47. The average Bonchev–Trinajstić information content (AvgIpc) is 3.21. The lowest BCUT2D eigenvalue weighted by atomic mass is 9.85. The predicted octanol–water partition coefficient (Wildman–Crippen LogP) is 3.57. The third-order valence-electron chi connectivity index (χ3n) is 5.61. The Hall–Kier alpha value is -3.09. The normalized spacial score (nSPS) is 18.2. The van der Waals surface area contributed by atoms with Gasteiger partial charge in [0.15, 0.2) is 0 Å². The Morgan fingerprint density at radius 1 is 1.20 bits per heavy atom. The highest BCUT2D eigenvalue weighted by Crippen LogP contribution is 2.26. The molecule has 0 radical (unpaired) electrons. The molecule has 2 aromatic heterocycles. The number of amides is 1. The molecule has 3 N–H and O–H groups in total. The van der Waals surface area contributed by atoms with Gasteiger partial charge < -0.3 is 20.5 Å². The van der Waals surface area contributed by atoms with Crippen LogP contribution in [0.3, 0.4) is 0 Å². The molecule has 0 saturated carbocycles. The Kier molecular flexibility index (Phi) is 5.61. The van der Waals surface area contributed by atoms with Crippen LogP contribution in [0.2, 0.25) is 0 Å². The topological polar surface area (TPSA) is 85.9 Å². The van der Waals surface area contributed by atoms with Crippen molar-refractivity contribution in [3.05, 3.63) is 48.9 Å². The smallest absolute Gasteiger partial charge is 0.243 e. The van der Waals surface area contributed by atoms with E-state index in [0.717, 1.165) is 48.5 Å². The van der Waals surface area contributed by atoms with Crippen molar-refractivity contribution >= 4 is 28.4 Å². The maximum Gasteiger partial charge on any atom is 0.243 e. The summed E-state index contributed by atoms with van der Waals surface area (Å²) in [5.41, 5.74) is 1.57. The number of hydrogen-bond donors (Lipinski definition) is 3. The van der Waals surface area contributed by atoms with Crippen molar-refractivity contribution in [2.75, 3.05) is 23.3 Å². The van der Waals surface area contributed by atoms with Crippen LogP contribution in [0.5, 0.6) is 0 Å². The molecule has 0 aliphatic carbocycles. The Morgan fingerprint density at radius 2 is 2.00 bits per heavy atom. The van der Waals surface area contributed by atoms with Crippen molar-refractivity contribution in [3.8, 4) is 0 Å². The van der Waals surface area contributed by atoms with E-state index in [1.54, 1.807) is 6.33 Å². The molecule has 7 nitrogen and oxygen atoms in total. The molecule has 1 aliphatic heterocycles. The molecule has 3 aromatic rings. The second-order valence-electron chi connectivity index (χ2n) is 9.04. The number of para-hydroxylation sites is 1. The Labute approximate surface area is 177 Å². The molecule has 7 heteroatoms. The average molecular weight is 407 g/mol. The molecule has 1 fully saturated rings. The molecule has 1 aromatic carbocycles. The first-order valence-electron chi connectivity index (χ1n) is 10.6. The number of nitrogens with zero attached hydrogens (tertiary/aromatic N) is 3. The molecule has 0 spiro atoms. The largest absolute Gasteiger partial charge is 0.373 e. The molecule has 158 valence electrons. The summed E-state index contributed by atoms with van der Waals surface area (Å²) in [6.45, 7) is 7.93. The monoisotopic (exact) mass is 406 g/mol. The number of aromatic amines is 1. The maximum atomic E-state index is 13.3. The summed E-state index contributed by atoms with van der Waals surface area (Å²) in [5.74, 6) is 0.961. The third-order valence-corrected chi connectivity index (χ3v) is 5.61. The standard InChI is InChI=1S/C23H30N6O/c1-23(2,3)19(27-16-8-5-4-6-9-16)22(30)28-17-10-7-13-29(14-17)21-18-11-12-24-20(18)25-15-26-21/h4-6,8-9,11-12,15,17,19,27H,7,10,13-14H2,1-3H3,(H,28,30)(H,24,25,26). The van der Waals surface area contributed by atoms with Crippen molar-refractivity contribution in [1.29, 1.82) is 0 Å². The lowest BCUT2D eigenvalue weighted by Crippen LogP contribution is -2.54. The highest BCUT2D eigenvalue weighted by atomic mass is 16.2. The molecule has 4 rings (SSSR count). The molecular weight excluding hydrogens is 376 g/mol. The number of hydrogen-bond acceptors (Lipinski definition) is 5. The van der Waals surface area contributed by atoms with Crippen molar-refractivity contribution in [2.24, 2.45) is 5.41 Å². The number of carbonyl (C=O) groups excluding carboxylic acids is 1. The van der Waals surface area contributed by atoms with Crippen LogP contribution in [0.1, 0.15) is 33.6 Å². The number of fused-ring (bicyclic) bond motifs is 1. The van der Waals surface area contributed by atoms with E-state index in [9.17, 15) is 4.79 Å². The summed E-state index contributed by atoms with van der Waals surface area (Å²) in [7, 11) is 0. The van der Waals surface area contributed by atoms with Gasteiger partial charge in [0.05, 0.1) is 5.39 Å². The van der Waals surface area contributed by atoms with E-state index in [-0.39, 0.29) is 23.4 Å². The van der Waals surface area contributed by atoms with Crippen LogP contribution < -0.4 is 15.5 Å². The van der Waals surface area contributed by atoms with Crippen LogP contribution in [0, 0.1) is 5.41 Å². The van der Waals surface area contributed by atoms with Gasteiger partial charge in [0.2, 0.25) is 5.91 Å². The molecule has 1 amide bonds. The molecule has 1 aliphatic rings. The van der Waals surface area contributed by atoms with Gasteiger partial charge in [0.25, 0.3) is 0 Å². The molecule has 2 atom stereocenters. The van der Waals surface area contributed by atoms with Crippen LogP contribution in [-0.4, -0.2) is 46.0 Å². The first kappa shape index (κ1) is 20.2. The van der Waals surface area contributed by atoms with Gasteiger partial charge in [-0.05, 0) is 36.5 Å². The van der Waals surface area contributed by atoms with E-state index < -0.39 is 0 Å². The summed E-state index contributed by atoms with van der Waals surface area (Å²) >= 11 is 0. The van der Waals surface area contributed by atoms with Crippen molar-refractivity contribution in [1.82, 2.24) is 20.3 Å². The lowest BCUT2D eigenvalue weighted by Gasteiger charge is -2.37. The van der Waals surface area contributed by atoms with Gasteiger partial charge in [-0.25, -0.2) is 9.97 Å². The Bertz CT molecular complexity index is 994. The van der Waals surface area contributed by atoms with Gasteiger partial charge in [-0.15, -0.1) is 0 Å². The summed E-state index contributed by atoms with van der Waals surface area (Å²) in [6, 6.07) is 11.7. The number of aromatic nitrogens is 3. The first-order valence-corrected chi connectivity index (χ1v) is 10.6. The highest BCUT2D eigenvalue weighted by Gasteiger charge is 2.33. The number of anilines is 2. The molecular formula is C23H30N6O. The minimum Gasteiger partial charge on any atom is -0.373 e. The van der Waals surface area contributed by atoms with E-state index in [2.05, 4.69) is 51.3 Å². The minimum absolute atomic E-state index is 0.0349. The van der Waals surface area contributed by atoms with E-state index in [1.807, 2.05) is 42.6 Å². The summed E-state index contributed by atoms with van der Waals surface area (Å²) < 4.78 is 0. The van der Waals surface area contributed by atoms with Crippen LogP contribution in [0.4, 0.5) is 11.5 Å². The first-order chi connectivity index (χ1) is 14.4. The summed E-state index contributed by atoms with van der Waals surface area (Å²) in [4.78, 5) is 27.4. The summed E-state index contributed by atoms with van der Waals surface area (Å²) in [6.07, 6.45) is 5.45. The quantitative estimate of drug-likeness (QED) is 0.603. The number of rotatable bonds is 5. The molecule has 30 heavy (non-hydrogen) atoms. The minimum atomic E-state index is -0.328. The number of carbonyl (C=O) groups is 1. The van der Waals surface area contributed by atoms with Gasteiger partial charge in [-0.3, -0.25) is 4.79 Å². The number of piperidine rings is 1. The number of H-pyrrole nitrogens is 1. The number of benzene rings is 1. The Morgan fingerprint density at radius 3 is 2.77 bits per heavy atom. The number of nitrogens with one attached hydrogen (secondary N) is 3. The fourth-order valence-electron chi connectivity index (χ4n) is 4.06. The third kappa shape index (κ3) is 4.40. The zero-order valence-corrected chi connectivity index (χ0v) is 17.9. The summed E-state index contributed by atoms with van der Waals surface area (Å²) in [5, 5.41) is 7.73. The van der Waals surface area contributed by atoms with Crippen LogP contribution in [0.15, 0.2) is 48.9 Å². The zero-order chi connectivity index (χ0) is 21.1. The van der Waals surface area contributed by atoms with Gasteiger partial charge in [-0.2, -0.15) is 0 Å². The van der Waals surface area contributed by atoms with Crippen LogP contribution in [-0.2, 0) is 4.79 Å². The molecule has 3 heterocycles. The fourth-order valence-corrected chi connectivity index (χ4v) is 4.06. The predicted molar refractivity (Wildman–Crippen MR) is 121 cm³/mol. The van der Waals surface area contributed by atoms with Crippen molar-refractivity contribution < 1.29 is 4.79 Å². The van der Waals surface area contributed by atoms with Crippen LogP contribution >= 0.6 is 0 Å². The van der Waals surface area contributed by atoms with E-state index in [1.165, 1.54) is 0 Å². The molecule has 1 saturated heterocycles. The molecule has 0 bridgehead atoms. The van der Waals surface area contributed by atoms with Crippen LogP contribution in [0.25, 0.3) is 11.0 Å². The second-order valence-corrected chi connectivity index (χ2v) is 9.04. The van der Waals surface area contributed by atoms with E-state index in [4.69, 9.17) is 0 Å². The van der Waals surface area contributed by atoms with Gasteiger partial charge in [-0.1, -0.05) is 39.0 Å². The van der Waals surface area contributed by atoms with Gasteiger partial charge >= 0.3 is 0 Å². The maximum absolute atomic E-state index is 13.3. The highest BCUT2D eigenvalue weighted by molar-refractivity contribution is 5.88. The van der Waals surface area contributed by atoms with Crippen molar-refractivity contribution in [3.63, 3.8) is 0 Å². The van der Waals surface area contributed by atoms with E-state index in [0.29, 0.717) is 0 Å². The van der Waals surface area contributed by atoms with Gasteiger partial charge in [0.1, 0.15) is 23.8 Å². The lowest BCUT2D eigenvalue weighted by molar-refractivity contribution is -0.124. The van der Waals surface area contributed by atoms with Gasteiger partial charge in [0, 0.05) is 31.0 Å². The van der Waals surface area contributed by atoms with Crippen molar-refractivity contribution in [2.45, 2.75) is 45.7 Å². The SMILES string of the molecule is CC(C)(C)C(Nc1ccccc1)C(=O)NC1CCCN(c2ncnc3[nH]ccc23)C1. The fraction of sp³-hybridized carbons (Fsp3) is 0.435. The zero-order valence-electron chi connectivity index (χ0n) is 17.9. The van der Waals surface area contributed by atoms with E-state index >= 15 is 0 Å². The second kappa shape index (κ2) is 8.34. The molecule has 2 unspecified atom stereocenters.